The molecule has 0 aliphatic heterocycles. The van der Waals surface area contributed by atoms with Crippen molar-refractivity contribution >= 4 is 17.6 Å². The Morgan fingerprint density at radius 1 is 1.30 bits per heavy atom. The third-order valence-corrected chi connectivity index (χ3v) is 2.79. The Morgan fingerprint density at radius 2 is 2.10 bits per heavy atom. The van der Waals surface area contributed by atoms with Crippen molar-refractivity contribution in [2.75, 3.05) is 29.5 Å². The highest BCUT2D eigenvalue weighted by molar-refractivity contribution is 5.52. The van der Waals surface area contributed by atoms with E-state index in [-0.39, 0.29) is 11.8 Å². The van der Waals surface area contributed by atoms with Gasteiger partial charge in [0.25, 0.3) is 0 Å². The fraction of sp³-hybridized carbons (Fsp3) is 0.286. The molecule has 0 spiro atoms. The first kappa shape index (κ1) is 14.0. The third-order valence-electron chi connectivity index (χ3n) is 2.79. The standard InChI is InChI=1S/C14H18FN5/c1-3-17-12-8-13(19-14(16)18-12)20(2)9-10-5-4-6-11(15)7-10/h4-8H,3,9H2,1-2H3,(H3,16,17,18,19). The maximum absolute atomic E-state index is 13.2. The summed E-state index contributed by atoms with van der Waals surface area (Å²) in [5, 5.41) is 3.10. The highest BCUT2D eigenvalue weighted by atomic mass is 19.1. The summed E-state index contributed by atoms with van der Waals surface area (Å²) in [6.07, 6.45) is 0. The van der Waals surface area contributed by atoms with Crippen LogP contribution in [0.5, 0.6) is 0 Å². The second-order valence-corrected chi connectivity index (χ2v) is 4.49. The van der Waals surface area contributed by atoms with Gasteiger partial charge in [-0.05, 0) is 24.6 Å². The molecule has 2 rings (SSSR count). The SMILES string of the molecule is CCNc1cc(N(C)Cc2cccc(F)c2)nc(N)n1. The minimum atomic E-state index is -0.244. The van der Waals surface area contributed by atoms with Crippen molar-refractivity contribution in [2.24, 2.45) is 0 Å². The number of hydrogen-bond donors (Lipinski definition) is 2. The number of halogens is 1. The molecule has 6 heteroatoms. The van der Waals surface area contributed by atoms with Crippen molar-refractivity contribution in [1.29, 1.82) is 0 Å². The first-order valence-electron chi connectivity index (χ1n) is 6.42. The number of anilines is 3. The fourth-order valence-corrected chi connectivity index (χ4v) is 1.91. The van der Waals surface area contributed by atoms with Crippen molar-refractivity contribution in [2.45, 2.75) is 13.5 Å². The van der Waals surface area contributed by atoms with Crippen LogP contribution in [0.2, 0.25) is 0 Å². The average molecular weight is 275 g/mol. The summed E-state index contributed by atoms with van der Waals surface area (Å²) < 4.78 is 13.2. The number of nitrogens with zero attached hydrogens (tertiary/aromatic N) is 3. The summed E-state index contributed by atoms with van der Waals surface area (Å²) in [5.74, 6) is 1.34. The predicted octanol–water partition coefficient (Wildman–Crippen LogP) is 2.27. The summed E-state index contributed by atoms with van der Waals surface area (Å²) in [4.78, 5) is 10.2. The summed E-state index contributed by atoms with van der Waals surface area (Å²) >= 11 is 0. The molecule has 20 heavy (non-hydrogen) atoms. The molecule has 0 fully saturated rings. The molecule has 2 aromatic rings. The van der Waals surface area contributed by atoms with Gasteiger partial charge >= 0.3 is 0 Å². The lowest BCUT2D eigenvalue weighted by Gasteiger charge is -2.19. The van der Waals surface area contributed by atoms with E-state index in [2.05, 4.69) is 15.3 Å². The number of aromatic nitrogens is 2. The molecule has 3 N–H and O–H groups in total. The molecular weight excluding hydrogens is 257 g/mol. The van der Waals surface area contributed by atoms with Crippen LogP contribution in [-0.2, 0) is 6.54 Å². The predicted molar refractivity (Wildman–Crippen MR) is 79.1 cm³/mol. The van der Waals surface area contributed by atoms with Crippen LogP contribution in [0, 0.1) is 5.82 Å². The minimum Gasteiger partial charge on any atom is -0.370 e. The number of nitrogens with two attached hydrogens (primary N) is 1. The lowest BCUT2D eigenvalue weighted by Crippen LogP contribution is -2.19. The lowest BCUT2D eigenvalue weighted by atomic mass is 10.2. The van der Waals surface area contributed by atoms with Gasteiger partial charge in [0.05, 0.1) is 0 Å². The van der Waals surface area contributed by atoms with Crippen LogP contribution in [0.4, 0.5) is 22.0 Å². The van der Waals surface area contributed by atoms with E-state index in [9.17, 15) is 4.39 Å². The molecule has 0 amide bonds. The molecule has 106 valence electrons. The second-order valence-electron chi connectivity index (χ2n) is 4.49. The average Bonchev–Trinajstić information content (AvgIpc) is 2.38. The Morgan fingerprint density at radius 3 is 2.80 bits per heavy atom. The van der Waals surface area contributed by atoms with Gasteiger partial charge in [-0.1, -0.05) is 12.1 Å². The van der Waals surface area contributed by atoms with Gasteiger partial charge in [-0.15, -0.1) is 0 Å². The molecule has 0 bridgehead atoms. The van der Waals surface area contributed by atoms with Crippen LogP contribution in [0.3, 0.4) is 0 Å². The van der Waals surface area contributed by atoms with Gasteiger partial charge in [0.1, 0.15) is 17.5 Å². The Bertz CT molecular complexity index is 588. The van der Waals surface area contributed by atoms with Crippen LogP contribution in [-0.4, -0.2) is 23.6 Å². The van der Waals surface area contributed by atoms with Crippen molar-refractivity contribution in [3.63, 3.8) is 0 Å². The number of benzene rings is 1. The van der Waals surface area contributed by atoms with E-state index in [0.29, 0.717) is 18.2 Å². The minimum absolute atomic E-state index is 0.213. The van der Waals surface area contributed by atoms with Crippen LogP contribution < -0.4 is 16.0 Å². The number of nitrogen functional groups attached to an aromatic ring is 1. The quantitative estimate of drug-likeness (QED) is 0.876. The molecular formula is C14H18FN5. The molecule has 5 nitrogen and oxygen atoms in total. The monoisotopic (exact) mass is 275 g/mol. The number of rotatable bonds is 5. The molecule has 0 radical (unpaired) electrons. The first-order chi connectivity index (χ1) is 9.58. The van der Waals surface area contributed by atoms with E-state index in [1.165, 1.54) is 12.1 Å². The molecule has 0 aliphatic rings. The first-order valence-corrected chi connectivity index (χ1v) is 6.42. The Hall–Kier alpha value is -2.37. The molecule has 0 atom stereocenters. The Kier molecular flexibility index (Phi) is 4.34. The van der Waals surface area contributed by atoms with Crippen LogP contribution in [0.1, 0.15) is 12.5 Å². The van der Waals surface area contributed by atoms with Gasteiger partial charge in [0.2, 0.25) is 5.95 Å². The molecule has 0 aliphatic carbocycles. The number of hydrogen-bond acceptors (Lipinski definition) is 5. The Labute approximate surface area is 117 Å². The summed E-state index contributed by atoms with van der Waals surface area (Å²) in [6, 6.07) is 8.31. The summed E-state index contributed by atoms with van der Waals surface area (Å²) in [5.41, 5.74) is 6.57. The molecule has 0 saturated carbocycles. The van der Waals surface area contributed by atoms with Gasteiger partial charge < -0.3 is 16.0 Å². The van der Waals surface area contributed by atoms with Gasteiger partial charge in [0.15, 0.2) is 0 Å². The zero-order valence-electron chi connectivity index (χ0n) is 11.6. The highest BCUT2D eigenvalue weighted by Gasteiger charge is 2.08. The molecule has 0 unspecified atom stereocenters. The van der Waals surface area contributed by atoms with Gasteiger partial charge in [-0.25, -0.2) is 4.39 Å². The number of nitrogens with one attached hydrogen (secondary N) is 1. The third kappa shape index (κ3) is 3.57. The van der Waals surface area contributed by atoms with E-state index in [1.54, 1.807) is 6.07 Å². The normalized spacial score (nSPS) is 10.3. The maximum atomic E-state index is 13.2. The van der Waals surface area contributed by atoms with E-state index in [1.807, 2.05) is 31.0 Å². The van der Waals surface area contributed by atoms with Gasteiger partial charge in [0, 0.05) is 26.2 Å². The molecule has 1 aromatic carbocycles. The van der Waals surface area contributed by atoms with Gasteiger partial charge in [-0.3, -0.25) is 0 Å². The van der Waals surface area contributed by atoms with Crippen molar-refractivity contribution in [3.8, 4) is 0 Å². The molecule has 1 aromatic heterocycles. The highest BCUT2D eigenvalue weighted by Crippen LogP contribution is 2.18. The molecule has 0 saturated heterocycles. The van der Waals surface area contributed by atoms with Gasteiger partial charge in [-0.2, -0.15) is 9.97 Å². The zero-order valence-corrected chi connectivity index (χ0v) is 11.6. The van der Waals surface area contributed by atoms with Crippen LogP contribution in [0.15, 0.2) is 30.3 Å². The van der Waals surface area contributed by atoms with E-state index in [4.69, 9.17) is 5.73 Å². The van der Waals surface area contributed by atoms with Crippen molar-refractivity contribution in [3.05, 3.63) is 41.7 Å². The maximum Gasteiger partial charge on any atom is 0.223 e. The van der Waals surface area contributed by atoms with Crippen molar-refractivity contribution < 1.29 is 4.39 Å². The van der Waals surface area contributed by atoms with Crippen molar-refractivity contribution in [1.82, 2.24) is 9.97 Å². The lowest BCUT2D eigenvalue weighted by molar-refractivity contribution is 0.625. The van der Waals surface area contributed by atoms with Crippen LogP contribution in [0.25, 0.3) is 0 Å². The fourth-order valence-electron chi connectivity index (χ4n) is 1.91. The topological polar surface area (TPSA) is 67.1 Å². The van der Waals surface area contributed by atoms with E-state index < -0.39 is 0 Å². The van der Waals surface area contributed by atoms with E-state index >= 15 is 0 Å². The van der Waals surface area contributed by atoms with E-state index in [0.717, 1.165) is 12.1 Å². The largest absolute Gasteiger partial charge is 0.370 e. The summed E-state index contributed by atoms with van der Waals surface area (Å²) in [7, 11) is 1.88. The summed E-state index contributed by atoms with van der Waals surface area (Å²) in [6.45, 7) is 3.28. The zero-order chi connectivity index (χ0) is 14.5. The van der Waals surface area contributed by atoms with Crippen LogP contribution >= 0.6 is 0 Å². The molecule has 1 heterocycles. The Balaban J connectivity index is 2.18. The second kappa shape index (κ2) is 6.18. The smallest absolute Gasteiger partial charge is 0.223 e.